The minimum atomic E-state index is 0.0410. The van der Waals surface area contributed by atoms with E-state index in [0.717, 1.165) is 42.2 Å². The summed E-state index contributed by atoms with van der Waals surface area (Å²) in [5, 5.41) is 7.60. The van der Waals surface area contributed by atoms with Crippen LogP contribution in [0.1, 0.15) is 41.3 Å². The number of nitrogens with zero attached hydrogens (tertiary/aromatic N) is 6. The third kappa shape index (κ3) is 4.79. The van der Waals surface area contributed by atoms with Gasteiger partial charge in [0.25, 0.3) is 0 Å². The summed E-state index contributed by atoms with van der Waals surface area (Å²) in [6, 6.07) is 4.06. The number of nitrogens with one attached hydrogen (secondary N) is 1. The summed E-state index contributed by atoms with van der Waals surface area (Å²) in [4.78, 5) is 27.5. The molecule has 1 aliphatic rings. The van der Waals surface area contributed by atoms with Crippen LogP contribution in [-0.4, -0.2) is 48.6 Å². The Morgan fingerprint density at radius 1 is 1.19 bits per heavy atom. The lowest BCUT2D eigenvalue weighted by molar-refractivity contribution is -0.127. The average Bonchev–Trinajstić information content (AvgIpc) is 3.04. The molecule has 3 aromatic rings. The Labute approximate surface area is 182 Å². The first-order valence-electron chi connectivity index (χ1n) is 10.5. The number of rotatable bonds is 5. The molecule has 31 heavy (non-hydrogen) atoms. The number of carbonyl (C=O) groups excluding carboxylic acids is 1. The molecule has 1 atom stereocenters. The summed E-state index contributed by atoms with van der Waals surface area (Å²) in [6.07, 6.45) is 12.3. The first-order chi connectivity index (χ1) is 15.0. The van der Waals surface area contributed by atoms with Crippen LogP contribution in [-0.2, 0) is 11.8 Å². The molecule has 4 heterocycles. The molecule has 1 fully saturated rings. The molecule has 0 aliphatic carbocycles. The molecular formula is C23H27N7O. The van der Waals surface area contributed by atoms with Crippen LogP contribution < -0.4 is 5.32 Å². The van der Waals surface area contributed by atoms with Crippen molar-refractivity contribution >= 4 is 23.6 Å². The molecule has 0 saturated carbocycles. The molecule has 8 heteroatoms. The van der Waals surface area contributed by atoms with Gasteiger partial charge in [-0.25, -0.2) is 9.97 Å². The van der Waals surface area contributed by atoms with E-state index in [0.29, 0.717) is 12.4 Å². The van der Waals surface area contributed by atoms with Crippen LogP contribution in [0.5, 0.6) is 0 Å². The highest BCUT2D eigenvalue weighted by Crippen LogP contribution is 2.28. The van der Waals surface area contributed by atoms with Crippen molar-refractivity contribution in [3.63, 3.8) is 0 Å². The zero-order valence-corrected chi connectivity index (χ0v) is 18.1. The maximum atomic E-state index is 12.9. The normalized spacial score (nSPS) is 16.6. The number of carbonyl (C=O) groups is 1. The van der Waals surface area contributed by atoms with Gasteiger partial charge in [-0.05, 0) is 50.5 Å². The fraction of sp³-hybridized carbons (Fsp3) is 0.348. The minimum absolute atomic E-state index is 0.0410. The number of likely N-dealkylation sites (tertiary alicyclic amines) is 1. The molecule has 0 aromatic carbocycles. The predicted octanol–water partition coefficient (Wildman–Crippen LogP) is 3.38. The second-order valence-electron chi connectivity index (χ2n) is 7.85. The molecule has 8 nitrogen and oxygen atoms in total. The maximum Gasteiger partial charge on any atom is 0.246 e. The molecule has 0 bridgehead atoms. The fourth-order valence-corrected chi connectivity index (χ4v) is 4.00. The summed E-state index contributed by atoms with van der Waals surface area (Å²) < 4.78 is 1.84. The van der Waals surface area contributed by atoms with E-state index < -0.39 is 0 Å². The van der Waals surface area contributed by atoms with E-state index in [1.807, 2.05) is 48.7 Å². The Bertz CT molecular complexity index is 1090. The van der Waals surface area contributed by atoms with Gasteiger partial charge in [0, 0.05) is 62.0 Å². The van der Waals surface area contributed by atoms with Crippen molar-refractivity contribution in [3.8, 4) is 0 Å². The maximum absolute atomic E-state index is 12.9. The highest BCUT2D eigenvalue weighted by Gasteiger charge is 2.24. The van der Waals surface area contributed by atoms with Crippen molar-refractivity contribution in [2.24, 2.45) is 7.05 Å². The summed E-state index contributed by atoms with van der Waals surface area (Å²) in [6.45, 7) is 5.45. The third-order valence-electron chi connectivity index (χ3n) is 5.77. The molecule has 0 spiro atoms. The van der Waals surface area contributed by atoms with Crippen molar-refractivity contribution in [1.82, 2.24) is 29.6 Å². The zero-order valence-electron chi connectivity index (χ0n) is 18.1. The number of hydrogen-bond acceptors (Lipinski definition) is 6. The molecule has 3 aromatic heterocycles. The lowest BCUT2D eigenvalue weighted by atomic mass is 9.91. The number of hydrogen-bond donors (Lipinski definition) is 1. The Morgan fingerprint density at radius 2 is 2.03 bits per heavy atom. The van der Waals surface area contributed by atoms with Gasteiger partial charge in [0.15, 0.2) is 0 Å². The van der Waals surface area contributed by atoms with Gasteiger partial charge in [-0.15, -0.1) is 0 Å². The van der Waals surface area contributed by atoms with Crippen LogP contribution in [0.3, 0.4) is 0 Å². The van der Waals surface area contributed by atoms with E-state index in [1.54, 1.807) is 30.9 Å². The van der Waals surface area contributed by atoms with Crippen LogP contribution in [0.15, 0.2) is 43.0 Å². The number of amides is 1. The minimum Gasteiger partial charge on any atom is -0.339 e. The number of aryl methyl sites for hydroxylation is 2. The van der Waals surface area contributed by atoms with Crippen molar-refractivity contribution in [3.05, 3.63) is 65.5 Å². The Balaban J connectivity index is 1.44. The Morgan fingerprint density at radius 3 is 2.77 bits per heavy atom. The van der Waals surface area contributed by atoms with Gasteiger partial charge in [-0.1, -0.05) is 0 Å². The number of piperidine rings is 1. The standard InChI is InChI=1S/C23H27N7O/c1-16-20(17(2)29(3)28-16)6-7-23(31)30-12-4-5-19(15-30)18-8-9-25-21(13-18)27-22-14-24-10-11-26-22/h6-11,13-14,19H,4-5,12,15H2,1-3H3,(H,25,26,27)/b7-6+/t19-/m0/s1. The van der Waals surface area contributed by atoms with Crippen molar-refractivity contribution in [2.75, 3.05) is 18.4 Å². The summed E-state index contributed by atoms with van der Waals surface area (Å²) in [5.41, 5.74) is 4.17. The van der Waals surface area contributed by atoms with Crippen LogP contribution in [0.25, 0.3) is 6.08 Å². The third-order valence-corrected chi connectivity index (χ3v) is 5.77. The monoisotopic (exact) mass is 417 g/mol. The van der Waals surface area contributed by atoms with Crippen LogP contribution in [0.4, 0.5) is 11.6 Å². The van der Waals surface area contributed by atoms with Crippen LogP contribution in [0, 0.1) is 13.8 Å². The van der Waals surface area contributed by atoms with E-state index in [-0.39, 0.29) is 11.8 Å². The molecule has 1 saturated heterocycles. The summed E-state index contributed by atoms with van der Waals surface area (Å²) >= 11 is 0. The molecule has 4 rings (SSSR count). The average molecular weight is 418 g/mol. The van der Waals surface area contributed by atoms with Crippen molar-refractivity contribution < 1.29 is 4.79 Å². The SMILES string of the molecule is Cc1nn(C)c(C)c1/C=C/C(=O)N1CCC[C@H](c2ccnc(Nc3cnccn3)c2)C1. The number of pyridine rings is 1. The molecule has 1 N–H and O–H groups in total. The van der Waals surface area contributed by atoms with Crippen molar-refractivity contribution in [2.45, 2.75) is 32.6 Å². The smallest absolute Gasteiger partial charge is 0.246 e. The van der Waals surface area contributed by atoms with E-state index in [9.17, 15) is 4.79 Å². The first kappa shape index (κ1) is 20.7. The van der Waals surface area contributed by atoms with Gasteiger partial charge in [0.1, 0.15) is 11.6 Å². The molecule has 1 amide bonds. The topological polar surface area (TPSA) is 88.8 Å². The van der Waals surface area contributed by atoms with E-state index >= 15 is 0 Å². The molecule has 160 valence electrons. The van der Waals surface area contributed by atoms with E-state index in [2.05, 4.69) is 25.4 Å². The number of anilines is 2. The van der Waals surface area contributed by atoms with Gasteiger partial charge in [0.05, 0.1) is 11.9 Å². The zero-order chi connectivity index (χ0) is 21.8. The predicted molar refractivity (Wildman–Crippen MR) is 120 cm³/mol. The Hall–Kier alpha value is -3.55. The van der Waals surface area contributed by atoms with E-state index in [4.69, 9.17) is 0 Å². The lowest BCUT2D eigenvalue weighted by Crippen LogP contribution is -2.38. The molecular weight excluding hydrogens is 390 g/mol. The highest BCUT2D eigenvalue weighted by atomic mass is 16.2. The van der Waals surface area contributed by atoms with Crippen LogP contribution in [0.2, 0.25) is 0 Å². The second kappa shape index (κ2) is 9.07. The summed E-state index contributed by atoms with van der Waals surface area (Å²) in [7, 11) is 1.92. The molecule has 1 aliphatic heterocycles. The highest BCUT2D eigenvalue weighted by molar-refractivity contribution is 5.92. The largest absolute Gasteiger partial charge is 0.339 e. The first-order valence-corrected chi connectivity index (χ1v) is 10.5. The number of aromatic nitrogens is 5. The molecule has 0 radical (unpaired) electrons. The molecule has 0 unspecified atom stereocenters. The van der Waals surface area contributed by atoms with Gasteiger partial charge >= 0.3 is 0 Å². The van der Waals surface area contributed by atoms with Gasteiger partial charge in [-0.2, -0.15) is 5.10 Å². The van der Waals surface area contributed by atoms with Gasteiger partial charge < -0.3 is 10.2 Å². The fourth-order valence-electron chi connectivity index (χ4n) is 4.00. The summed E-state index contributed by atoms with van der Waals surface area (Å²) in [5.74, 6) is 1.69. The van der Waals surface area contributed by atoms with Crippen molar-refractivity contribution in [1.29, 1.82) is 0 Å². The Kier molecular flexibility index (Phi) is 6.06. The quantitative estimate of drug-likeness (QED) is 0.640. The lowest BCUT2D eigenvalue weighted by Gasteiger charge is -2.32. The van der Waals surface area contributed by atoms with Crippen LogP contribution >= 0.6 is 0 Å². The van der Waals surface area contributed by atoms with E-state index in [1.165, 1.54) is 5.56 Å². The second-order valence-corrected chi connectivity index (χ2v) is 7.85. The van der Waals surface area contributed by atoms with Gasteiger partial charge in [0.2, 0.25) is 5.91 Å². The van der Waals surface area contributed by atoms with Gasteiger partial charge in [-0.3, -0.25) is 14.5 Å².